The number of nitrogens with zero attached hydrogens (tertiary/aromatic N) is 3. The van der Waals surface area contributed by atoms with E-state index in [2.05, 4.69) is 32.2 Å². The molecule has 1 aromatic heterocycles. The summed E-state index contributed by atoms with van der Waals surface area (Å²) in [7, 11) is 0. The quantitative estimate of drug-likeness (QED) is 0.660. The zero-order chi connectivity index (χ0) is 9.52. The zero-order valence-electron chi connectivity index (χ0n) is 7.95. The highest BCUT2D eigenvalue weighted by Crippen LogP contribution is 2.03. The first kappa shape index (κ1) is 10.5. The molecule has 0 amide bonds. The average molecular weight is 201 g/mol. The van der Waals surface area contributed by atoms with Crippen molar-refractivity contribution in [2.45, 2.75) is 19.4 Å². The number of hydrogen-bond donors (Lipinski definition) is 2. The van der Waals surface area contributed by atoms with E-state index in [1.807, 2.05) is 18.7 Å². The van der Waals surface area contributed by atoms with Gasteiger partial charge in [0.25, 0.3) is 0 Å². The third-order valence-corrected chi connectivity index (χ3v) is 2.42. The molecule has 0 aliphatic heterocycles. The summed E-state index contributed by atoms with van der Waals surface area (Å²) in [5.41, 5.74) is 0. The molecule has 0 fully saturated rings. The summed E-state index contributed by atoms with van der Waals surface area (Å²) in [4.78, 5) is 0. The number of H-pyrrole nitrogens is 1. The zero-order valence-corrected chi connectivity index (χ0v) is 8.77. The molecule has 0 radical (unpaired) electrons. The van der Waals surface area contributed by atoms with Crippen molar-refractivity contribution in [1.29, 1.82) is 0 Å². The number of aromatic nitrogens is 4. The summed E-state index contributed by atoms with van der Waals surface area (Å²) in [5, 5.41) is 17.1. The fourth-order valence-corrected chi connectivity index (χ4v) is 1.41. The van der Waals surface area contributed by atoms with Crippen molar-refractivity contribution in [2.24, 2.45) is 0 Å². The molecule has 74 valence electrons. The van der Waals surface area contributed by atoms with Crippen LogP contribution in [0.5, 0.6) is 0 Å². The van der Waals surface area contributed by atoms with Gasteiger partial charge in [-0.3, -0.25) is 0 Å². The molecule has 1 unspecified atom stereocenters. The van der Waals surface area contributed by atoms with Gasteiger partial charge in [-0.25, -0.2) is 0 Å². The van der Waals surface area contributed by atoms with Gasteiger partial charge >= 0.3 is 0 Å². The van der Waals surface area contributed by atoms with Gasteiger partial charge in [-0.05, 0) is 31.9 Å². The fourth-order valence-electron chi connectivity index (χ4n) is 0.979. The van der Waals surface area contributed by atoms with E-state index in [0.29, 0.717) is 0 Å². The molecule has 0 spiro atoms. The lowest BCUT2D eigenvalue weighted by Gasteiger charge is -2.08. The molecule has 0 saturated carbocycles. The Hall–Kier alpha value is -0.620. The van der Waals surface area contributed by atoms with Crippen LogP contribution in [0.2, 0.25) is 0 Å². The molecular weight excluding hydrogens is 186 g/mol. The van der Waals surface area contributed by atoms with Crippen LogP contribution in [0.25, 0.3) is 0 Å². The van der Waals surface area contributed by atoms with Crippen LogP contribution in [-0.4, -0.2) is 39.2 Å². The molecule has 0 aliphatic carbocycles. The van der Waals surface area contributed by atoms with Gasteiger partial charge in [-0.1, -0.05) is 5.21 Å². The number of tetrazole rings is 1. The Morgan fingerprint density at radius 2 is 2.46 bits per heavy atom. The van der Waals surface area contributed by atoms with Crippen LogP contribution in [-0.2, 0) is 0 Å². The van der Waals surface area contributed by atoms with E-state index >= 15 is 0 Å². The molecule has 0 saturated heterocycles. The van der Waals surface area contributed by atoms with E-state index in [-0.39, 0.29) is 6.04 Å². The predicted octanol–water partition coefficient (Wildman–Crippen LogP) is 0.603. The van der Waals surface area contributed by atoms with Crippen molar-refractivity contribution in [1.82, 2.24) is 25.9 Å². The molecule has 1 heterocycles. The van der Waals surface area contributed by atoms with Gasteiger partial charge in [0.15, 0.2) is 5.82 Å². The Labute approximate surface area is 82.1 Å². The van der Waals surface area contributed by atoms with Crippen LogP contribution in [0.15, 0.2) is 0 Å². The Bertz CT molecular complexity index is 213. The van der Waals surface area contributed by atoms with Crippen LogP contribution in [0.3, 0.4) is 0 Å². The molecule has 1 rings (SSSR count). The van der Waals surface area contributed by atoms with Gasteiger partial charge in [-0.2, -0.15) is 17.0 Å². The standard InChI is InChI=1S/C7H15N5S/c1-6(7-9-11-12-10-7)8-4-3-5-13-2/h6,8H,3-5H2,1-2H3,(H,9,10,11,12). The lowest BCUT2D eigenvalue weighted by molar-refractivity contribution is 0.546. The third kappa shape index (κ3) is 3.73. The molecule has 0 bridgehead atoms. The highest BCUT2D eigenvalue weighted by molar-refractivity contribution is 7.98. The van der Waals surface area contributed by atoms with E-state index in [0.717, 1.165) is 12.4 Å². The number of hydrogen-bond acceptors (Lipinski definition) is 5. The lowest BCUT2D eigenvalue weighted by atomic mass is 10.3. The largest absolute Gasteiger partial charge is 0.307 e. The molecule has 0 aliphatic rings. The topological polar surface area (TPSA) is 66.5 Å². The summed E-state index contributed by atoms with van der Waals surface area (Å²) >= 11 is 1.86. The smallest absolute Gasteiger partial charge is 0.191 e. The van der Waals surface area contributed by atoms with E-state index in [9.17, 15) is 0 Å². The maximum atomic E-state index is 3.90. The minimum Gasteiger partial charge on any atom is -0.307 e. The lowest BCUT2D eigenvalue weighted by Crippen LogP contribution is -2.21. The number of thioether (sulfide) groups is 1. The SMILES string of the molecule is CSCCCNC(C)c1nn[nH]n1. The van der Waals surface area contributed by atoms with Crippen molar-refractivity contribution in [2.75, 3.05) is 18.6 Å². The van der Waals surface area contributed by atoms with Crippen LogP contribution in [0.1, 0.15) is 25.2 Å². The molecular formula is C7H15N5S. The van der Waals surface area contributed by atoms with Crippen molar-refractivity contribution in [3.8, 4) is 0 Å². The number of nitrogens with one attached hydrogen (secondary N) is 2. The molecule has 1 aromatic rings. The number of aromatic amines is 1. The fraction of sp³-hybridized carbons (Fsp3) is 0.857. The second kappa shape index (κ2) is 5.93. The van der Waals surface area contributed by atoms with Crippen LogP contribution < -0.4 is 5.32 Å². The van der Waals surface area contributed by atoms with E-state index < -0.39 is 0 Å². The van der Waals surface area contributed by atoms with Gasteiger partial charge in [0.2, 0.25) is 0 Å². The Kier molecular flexibility index (Phi) is 4.77. The molecule has 2 N–H and O–H groups in total. The van der Waals surface area contributed by atoms with Gasteiger partial charge < -0.3 is 5.32 Å². The van der Waals surface area contributed by atoms with Crippen LogP contribution in [0, 0.1) is 0 Å². The van der Waals surface area contributed by atoms with Crippen molar-refractivity contribution in [3.63, 3.8) is 0 Å². The van der Waals surface area contributed by atoms with Crippen molar-refractivity contribution in [3.05, 3.63) is 5.82 Å². The van der Waals surface area contributed by atoms with E-state index in [1.165, 1.54) is 12.2 Å². The molecule has 5 nitrogen and oxygen atoms in total. The first-order chi connectivity index (χ1) is 6.34. The minimum absolute atomic E-state index is 0.181. The first-order valence-electron chi connectivity index (χ1n) is 4.30. The van der Waals surface area contributed by atoms with Crippen LogP contribution >= 0.6 is 11.8 Å². The van der Waals surface area contributed by atoms with Gasteiger partial charge in [-0.15, -0.1) is 10.2 Å². The molecule has 13 heavy (non-hydrogen) atoms. The van der Waals surface area contributed by atoms with E-state index in [1.54, 1.807) is 0 Å². The second-order valence-corrected chi connectivity index (χ2v) is 3.78. The molecule has 0 aromatic carbocycles. The molecule has 1 atom stereocenters. The van der Waals surface area contributed by atoms with Crippen molar-refractivity contribution < 1.29 is 0 Å². The monoisotopic (exact) mass is 201 g/mol. The highest BCUT2D eigenvalue weighted by Gasteiger charge is 2.07. The normalized spacial score (nSPS) is 13.1. The molecule has 6 heteroatoms. The Morgan fingerprint density at radius 1 is 1.62 bits per heavy atom. The van der Waals surface area contributed by atoms with Gasteiger partial charge in [0, 0.05) is 0 Å². The summed E-state index contributed by atoms with van der Waals surface area (Å²) in [6.45, 7) is 3.03. The van der Waals surface area contributed by atoms with Crippen LogP contribution in [0.4, 0.5) is 0 Å². The summed E-state index contributed by atoms with van der Waals surface area (Å²) in [5.74, 6) is 1.91. The summed E-state index contributed by atoms with van der Waals surface area (Å²) in [6.07, 6.45) is 3.28. The third-order valence-electron chi connectivity index (χ3n) is 1.72. The predicted molar refractivity (Wildman–Crippen MR) is 53.6 cm³/mol. The average Bonchev–Trinajstić information content (AvgIpc) is 2.65. The highest BCUT2D eigenvalue weighted by atomic mass is 32.2. The Morgan fingerprint density at radius 3 is 3.08 bits per heavy atom. The van der Waals surface area contributed by atoms with Gasteiger partial charge in [0.1, 0.15) is 0 Å². The maximum Gasteiger partial charge on any atom is 0.191 e. The minimum atomic E-state index is 0.181. The summed E-state index contributed by atoms with van der Waals surface area (Å²) < 4.78 is 0. The Balaban J connectivity index is 2.15. The maximum absolute atomic E-state index is 3.90. The van der Waals surface area contributed by atoms with Crippen molar-refractivity contribution >= 4 is 11.8 Å². The second-order valence-electron chi connectivity index (χ2n) is 2.79. The van der Waals surface area contributed by atoms with E-state index in [4.69, 9.17) is 0 Å². The summed E-state index contributed by atoms with van der Waals surface area (Å²) in [6, 6.07) is 0.181. The van der Waals surface area contributed by atoms with Gasteiger partial charge in [0.05, 0.1) is 6.04 Å². The number of rotatable bonds is 6. The first-order valence-corrected chi connectivity index (χ1v) is 5.69.